The summed E-state index contributed by atoms with van der Waals surface area (Å²) in [5.74, 6) is 0.170. The zero-order chi connectivity index (χ0) is 17.1. The number of morpholine rings is 1. The number of nitrogens with zero attached hydrogens (tertiary/aromatic N) is 2. The Morgan fingerprint density at radius 3 is 2.83 bits per heavy atom. The van der Waals surface area contributed by atoms with E-state index in [0.29, 0.717) is 32.0 Å². The van der Waals surface area contributed by atoms with Crippen molar-refractivity contribution in [2.45, 2.75) is 32.3 Å². The van der Waals surface area contributed by atoms with Crippen LogP contribution in [-0.4, -0.2) is 35.5 Å². The van der Waals surface area contributed by atoms with E-state index in [2.05, 4.69) is 18.8 Å². The normalized spacial score (nSPS) is 18.2. The van der Waals surface area contributed by atoms with E-state index < -0.39 is 0 Å². The minimum Gasteiger partial charge on any atom is -0.370 e. The van der Waals surface area contributed by atoms with Crippen LogP contribution in [0.4, 0.5) is 4.39 Å². The first kappa shape index (κ1) is 17.0. The molecule has 0 saturated carbocycles. The van der Waals surface area contributed by atoms with Crippen molar-refractivity contribution >= 4 is 17.2 Å². The summed E-state index contributed by atoms with van der Waals surface area (Å²) in [5.41, 5.74) is 1.73. The van der Waals surface area contributed by atoms with Crippen LogP contribution < -0.4 is 0 Å². The van der Waals surface area contributed by atoms with Crippen molar-refractivity contribution < 1.29 is 13.9 Å². The number of carbonyl (C=O) groups excluding carboxylic acids is 1. The monoisotopic (exact) mass is 348 g/mol. The zero-order valence-electron chi connectivity index (χ0n) is 13.9. The third kappa shape index (κ3) is 3.99. The van der Waals surface area contributed by atoms with Crippen molar-refractivity contribution in [2.75, 3.05) is 19.7 Å². The highest BCUT2D eigenvalue weighted by atomic mass is 32.1. The Bertz CT molecular complexity index is 699. The first-order valence-electron chi connectivity index (χ1n) is 8.12. The van der Waals surface area contributed by atoms with Crippen LogP contribution in [-0.2, 0) is 16.0 Å². The van der Waals surface area contributed by atoms with E-state index in [1.54, 1.807) is 23.5 Å². The fourth-order valence-electron chi connectivity index (χ4n) is 2.69. The maximum absolute atomic E-state index is 13.0. The molecule has 1 aromatic carbocycles. The fourth-order valence-corrected chi connectivity index (χ4v) is 3.53. The van der Waals surface area contributed by atoms with Gasteiger partial charge in [0.05, 0.1) is 30.3 Å². The fraction of sp³-hybridized carbons (Fsp3) is 0.444. The summed E-state index contributed by atoms with van der Waals surface area (Å²) in [6.07, 6.45) is 0.115. The molecule has 1 amide bonds. The lowest BCUT2D eigenvalue weighted by atomic mass is 10.1. The molecule has 1 fully saturated rings. The van der Waals surface area contributed by atoms with Crippen molar-refractivity contribution in [3.05, 3.63) is 51.7 Å². The zero-order valence-corrected chi connectivity index (χ0v) is 14.7. The van der Waals surface area contributed by atoms with Gasteiger partial charge in [0.15, 0.2) is 0 Å². The van der Waals surface area contributed by atoms with E-state index >= 15 is 0 Å². The van der Waals surface area contributed by atoms with Gasteiger partial charge >= 0.3 is 0 Å². The number of hydrogen-bond donors (Lipinski definition) is 0. The first-order valence-corrected chi connectivity index (χ1v) is 9.00. The van der Waals surface area contributed by atoms with Gasteiger partial charge in [-0.05, 0) is 17.7 Å². The molecule has 6 heteroatoms. The van der Waals surface area contributed by atoms with Crippen molar-refractivity contribution in [1.29, 1.82) is 0 Å². The number of hydrogen-bond acceptors (Lipinski definition) is 4. The van der Waals surface area contributed by atoms with Gasteiger partial charge in [0.25, 0.3) is 0 Å². The summed E-state index contributed by atoms with van der Waals surface area (Å²) in [5, 5.41) is 3.02. The molecule has 24 heavy (non-hydrogen) atoms. The van der Waals surface area contributed by atoms with Crippen molar-refractivity contribution in [3.63, 3.8) is 0 Å². The molecule has 128 valence electrons. The molecule has 1 saturated heterocycles. The molecular formula is C18H21FN2O2S. The quantitative estimate of drug-likeness (QED) is 0.849. The minimum atomic E-state index is -0.271. The molecule has 2 aromatic rings. The molecule has 1 aromatic heterocycles. The Morgan fingerprint density at radius 1 is 1.42 bits per heavy atom. The average Bonchev–Trinajstić information content (AvgIpc) is 3.04. The second-order valence-electron chi connectivity index (χ2n) is 6.26. The summed E-state index contributed by atoms with van der Waals surface area (Å²) in [6.45, 7) is 5.75. The number of aromatic nitrogens is 1. The van der Waals surface area contributed by atoms with Gasteiger partial charge in [-0.1, -0.05) is 26.0 Å². The number of carbonyl (C=O) groups is 1. The van der Waals surface area contributed by atoms with Crippen LogP contribution in [0.2, 0.25) is 0 Å². The smallest absolute Gasteiger partial charge is 0.228 e. The van der Waals surface area contributed by atoms with Crippen molar-refractivity contribution in [1.82, 2.24) is 9.88 Å². The van der Waals surface area contributed by atoms with Gasteiger partial charge in [-0.3, -0.25) is 4.79 Å². The molecule has 3 rings (SSSR count). The summed E-state index contributed by atoms with van der Waals surface area (Å²) in [7, 11) is 0. The second-order valence-corrected chi connectivity index (χ2v) is 7.15. The summed E-state index contributed by atoms with van der Waals surface area (Å²) in [4.78, 5) is 18.9. The minimum absolute atomic E-state index is 0.0611. The lowest BCUT2D eigenvalue weighted by Gasteiger charge is -2.33. The van der Waals surface area contributed by atoms with Crippen LogP contribution in [0.3, 0.4) is 0 Å². The molecule has 4 nitrogen and oxygen atoms in total. The summed E-state index contributed by atoms with van der Waals surface area (Å²) < 4.78 is 18.8. The van der Waals surface area contributed by atoms with Crippen LogP contribution >= 0.6 is 11.3 Å². The molecule has 0 bridgehead atoms. The molecule has 2 heterocycles. The van der Waals surface area contributed by atoms with E-state index in [1.807, 2.05) is 10.3 Å². The maximum atomic E-state index is 13.0. The number of thiazole rings is 1. The van der Waals surface area contributed by atoms with Crippen LogP contribution in [0.1, 0.15) is 42.1 Å². The Kier molecular flexibility index (Phi) is 5.26. The topological polar surface area (TPSA) is 42.4 Å². The van der Waals surface area contributed by atoms with Crippen LogP contribution in [0.15, 0.2) is 29.6 Å². The lowest BCUT2D eigenvalue weighted by molar-refractivity contribution is -0.138. The van der Waals surface area contributed by atoms with Crippen molar-refractivity contribution in [2.24, 2.45) is 0 Å². The predicted molar refractivity (Wildman–Crippen MR) is 91.6 cm³/mol. The maximum Gasteiger partial charge on any atom is 0.228 e. The van der Waals surface area contributed by atoms with E-state index in [9.17, 15) is 9.18 Å². The number of benzene rings is 1. The molecular weight excluding hydrogens is 327 g/mol. The molecule has 0 aliphatic carbocycles. The van der Waals surface area contributed by atoms with Gasteiger partial charge in [0.1, 0.15) is 11.9 Å². The lowest BCUT2D eigenvalue weighted by Crippen LogP contribution is -2.43. The van der Waals surface area contributed by atoms with Crippen molar-refractivity contribution in [3.8, 4) is 0 Å². The largest absolute Gasteiger partial charge is 0.370 e. The summed E-state index contributed by atoms with van der Waals surface area (Å²) >= 11 is 1.60. The molecule has 1 aliphatic heterocycles. The van der Waals surface area contributed by atoms with E-state index in [0.717, 1.165) is 16.3 Å². The number of rotatable bonds is 4. The predicted octanol–water partition coefficient (Wildman–Crippen LogP) is 3.55. The molecule has 0 spiro atoms. The Hall–Kier alpha value is -1.79. The molecule has 0 N–H and O–H groups in total. The van der Waals surface area contributed by atoms with Crippen LogP contribution in [0.25, 0.3) is 0 Å². The van der Waals surface area contributed by atoms with Crippen LogP contribution in [0, 0.1) is 5.82 Å². The standard InChI is InChI=1S/C18H21FN2O2S/c1-12(2)18-20-15(11-24-18)9-17(22)21-7-8-23-16(10-21)13-3-5-14(19)6-4-13/h3-6,11-12,16H,7-10H2,1-2H3/t16-/m0/s1. The Balaban J connectivity index is 1.63. The van der Waals surface area contributed by atoms with E-state index in [-0.39, 0.29) is 17.8 Å². The number of ether oxygens (including phenoxy) is 1. The molecule has 1 aliphatic rings. The second kappa shape index (κ2) is 7.40. The Labute approximate surface area is 145 Å². The highest BCUT2D eigenvalue weighted by molar-refractivity contribution is 7.09. The highest BCUT2D eigenvalue weighted by Gasteiger charge is 2.26. The van der Waals surface area contributed by atoms with E-state index in [1.165, 1.54) is 12.1 Å². The van der Waals surface area contributed by atoms with Gasteiger partial charge in [-0.2, -0.15) is 0 Å². The number of amides is 1. The highest BCUT2D eigenvalue weighted by Crippen LogP contribution is 2.24. The third-order valence-electron chi connectivity index (χ3n) is 4.06. The van der Waals surface area contributed by atoms with Gasteiger partial charge < -0.3 is 9.64 Å². The van der Waals surface area contributed by atoms with Gasteiger partial charge in [-0.15, -0.1) is 11.3 Å². The summed E-state index contributed by atoms with van der Waals surface area (Å²) in [6, 6.07) is 6.26. The third-order valence-corrected chi connectivity index (χ3v) is 5.25. The molecule has 0 radical (unpaired) electrons. The molecule has 1 atom stereocenters. The van der Waals surface area contributed by atoms with Crippen LogP contribution in [0.5, 0.6) is 0 Å². The number of halogens is 1. The average molecular weight is 348 g/mol. The van der Waals surface area contributed by atoms with E-state index in [4.69, 9.17) is 4.74 Å². The first-order chi connectivity index (χ1) is 11.5. The SMILES string of the molecule is CC(C)c1nc(CC(=O)N2CCO[C@H](c3ccc(F)cc3)C2)cs1. The van der Waals surface area contributed by atoms with Gasteiger partial charge in [0.2, 0.25) is 5.91 Å². The van der Waals surface area contributed by atoms with Gasteiger partial charge in [0, 0.05) is 17.8 Å². The van der Waals surface area contributed by atoms with Gasteiger partial charge in [-0.25, -0.2) is 9.37 Å². The Morgan fingerprint density at radius 2 is 2.17 bits per heavy atom. The molecule has 0 unspecified atom stereocenters.